The largest absolute Gasteiger partial charge is 0.381 e. The fourth-order valence-electron chi connectivity index (χ4n) is 4.07. The molecule has 25 heavy (non-hydrogen) atoms. The van der Waals surface area contributed by atoms with Crippen molar-refractivity contribution in [3.63, 3.8) is 0 Å². The summed E-state index contributed by atoms with van der Waals surface area (Å²) >= 11 is 0. The molecule has 2 fully saturated rings. The Morgan fingerprint density at radius 2 is 2.20 bits per heavy atom. The molecule has 2 aliphatic heterocycles. The van der Waals surface area contributed by atoms with E-state index in [0.29, 0.717) is 12.6 Å². The summed E-state index contributed by atoms with van der Waals surface area (Å²) in [6.07, 6.45) is 4.11. The average molecular weight is 342 g/mol. The number of likely N-dealkylation sites (tertiary alicyclic amines) is 1. The second-order valence-electron chi connectivity index (χ2n) is 7.16. The van der Waals surface area contributed by atoms with Crippen molar-refractivity contribution >= 4 is 16.9 Å². The number of imidazole rings is 1. The number of nitrogens with one attached hydrogen (secondary N) is 2. The summed E-state index contributed by atoms with van der Waals surface area (Å²) in [5.74, 6) is 0.935. The number of hydrogen-bond acceptors (Lipinski definition) is 4. The minimum absolute atomic E-state index is 0.00489. The molecule has 6 heteroatoms. The Hall–Kier alpha value is -1.92. The van der Waals surface area contributed by atoms with Gasteiger partial charge >= 0.3 is 0 Å². The van der Waals surface area contributed by atoms with Gasteiger partial charge in [-0.15, -0.1) is 0 Å². The molecule has 3 heterocycles. The van der Waals surface area contributed by atoms with Gasteiger partial charge in [-0.1, -0.05) is 6.07 Å². The molecule has 0 spiro atoms. The van der Waals surface area contributed by atoms with Gasteiger partial charge in [0.15, 0.2) is 0 Å². The van der Waals surface area contributed by atoms with Crippen LogP contribution in [0.3, 0.4) is 0 Å². The van der Waals surface area contributed by atoms with E-state index in [4.69, 9.17) is 4.74 Å². The molecule has 0 radical (unpaired) electrons. The van der Waals surface area contributed by atoms with Gasteiger partial charge in [0.2, 0.25) is 5.91 Å². The zero-order valence-electron chi connectivity index (χ0n) is 14.8. The number of benzene rings is 1. The zero-order valence-corrected chi connectivity index (χ0v) is 14.8. The highest BCUT2D eigenvalue weighted by Gasteiger charge is 2.35. The number of fused-ring (bicyclic) bond motifs is 1. The van der Waals surface area contributed by atoms with E-state index in [1.807, 2.05) is 6.07 Å². The maximum absolute atomic E-state index is 12.7. The minimum atomic E-state index is -0.00489. The number of amides is 1. The van der Waals surface area contributed by atoms with E-state index < -0.39 is 0 Å². The third-order valence-electron chi connectivity index (χ3n) is 5.37. The van der Waals surface area contributed by atoms with Gasteiger partial charge in [-0.2, -0.15) is 0 Å². The molecule has 4 rings (SSSR count). The van der Waals surface area contributed by atoms with Gasteiger partial charge < -0.3 is 15.0 Å². The number of aryl methyl sites for hydroxylation is 1. The molecule has 1 amide bonds. The van der Waals surface area contributed by atoms with E-state index in [2.05, 4.69) is 39.2 Å². The highest BCUT2D eigenvalue weighted by atomic mass is 16.5. The third-order valence-corrected chi connectivity index (χ3v) is 5.37. The van der Waals surface area contributed by atoms with Gasteiger partial charge in [0, 0.05) is 19.3 Å². The lowest BCUT2D eigenvalue weighted by Crippen LogP contribution is -2.49. The van der Waals surface area contributed by atoms with E-state index in [9.17, 15) is 4.79 Å². The maximum Gasteiger partial charge on any atom is 0.237 e. The monoisotopic (exact) mass is 342 g/mol. The third kappa shape index (κ3) is 3.55. The summed E-state index contributed by atoms with van der Waals surface area (Å²) in [5.41, 5.74) is 3.17. The van der Waals surface area contributed by atoms with Crippen molar-refractivity contribution in [1.82, 2.24) is 20.2 Å². The van der Waals surface area contributed by atoms with Crippen LogP contribution in [0.4, 0.5) is 0 Å². The SMILES string of the molecule is Cc1ccc2nc(CNC(=O)[C@@H]3CCCN3C3CCOCC3)[nH]c2c1. The molecule has 2 aliphatic rings. The molecule has 1 aromatic heterocycles. The number of hydrogen-bond donors (Lipinski definition) is 2. The Labute approximate surface area is 147 Å². The molecule has 0 aliphatic carbocycles. The fourth-order valence-corrected chi connectivity index (χ4v) is 4.07. The summed E-state index contributed by atoms with van der Waals surface area (Å²) < 4.78 is 5.46. The molecule has 6 nitrogen and oxygen atoms in total. The number of carbonyl (C=O) groups excluding carboxylic acids is 1. The second kappa shape index (κ2) is 7.14. The van der Waals surface area contributed by atoms with Gasteiger partial charge in [-0.05, 0) is 56.8 Å². The molecule has 0 saturated carbocycles. The van der Waals surface area contributed by atoms with Crippen LogP contribution in [-0.4, -0.2) is 52.6 Å². The molecular formula is C19H26N4O2. The lowest BCUT2D eigenvalue weighted by molar-refractivity contribution is -0.127. The van der Waals surface area contributed by atoms with Crippen LogP contribution >= 0.6 is 0 Å². The minimum Gasteiger partial charge on any atom is -0.381 e. The Bertz CT molecular complexity index is 751. The summed E-state index contributed by atoms with van der Waals surface area (Å²) in [6.45, 7) is 5.16. The topological polar surface area (TPSA) is 70.2 Å². The molecule has 1 aromatic carbocycles. The zero-order chi connectivity index (χ0) is 17.2. The van der Waals surface area contributed by atoms with Crippen molar-refractivity contribution in [3.05, 3.63) is 29.6 Å². The number of rotatable bonds is 4. The summed E-state index contributed by atoms with van der Waals surface area (Å²) in [5, 5.41) is 3.08. The summed E-state index contributed by atoms with van der Waals surface area (Å²) in [4.78, 5) is 23.0. The molecule has 1 atom stereocenters. The van der Waals surface area contributed by atoms with E-state index in [1.165, 1.54) is 5.56 Å². The quantitative estimate of drug-likeness (QED) is 0.893. The highest BCUT2D eigenvalue weighted by Crippen LogP contribution is 2.25. The van der Waals surface area contributed by atoms with Gasteiger partial charge in [0.05, 0.1) is 23.6 Å². The van der Waals surface area contributed by atoms with Crippen LogP contribution in [0.15, 0.2) is 18.2 Å². The predicted molar refractivity (Wildman–Crippen MR) is 96.2 cm³/mol. The van der Waals surface area contributed by atoms with Crippen molar-refractivity contribution in [2.45, 2.75) is 51.2 Å². The number of aromatic amines is 1. The standard InChI is InChI=1S/C19H26N4O2/c1-13-4-5-15-16(11-13)22-18(21-15)12-20-19(24)17-3-2-8-23(17)14-6-9-25-10-7-14/h4-5,11,14,17H,2-3,6-10,12H2,1H3,(H,20,24)(H,21,22)/t17-/m0/s1. The Kier molecular flexibility index (Phi) is 4.72. The van der Waals surface area contributed by atoms with Crippen molar-refractivity contribution in [3.8, 4) is 0 Å². The van der Waals surface area contributed by atoms with Crippen molar-refractivity contribution in [1.29, 1.82) is 0 Å². The van der Waals surface area contributed by atoms with Crippen LogP contribution in [0.2, 0.25) is 0 Å². The van der Waals surface area contributed by atoms with Crippen LogP contribution in [0, 0.1) is 6.92 Å². The lowest BCUT2D eigenvalue weighted by Gasteiger charge is -2.34. The van der Waals surface area contributed by atoms with E-state index >= 15 is 0 Å². The predicted octanol–water partition coefficient (Wildman–Crippen LogP) is 2.13. The molecule has 0 bridgehead atoms. The van der Waals surface area contributed by atoms with Crippen LogP contribution in [0.1, 0.15) is 37.1 Å². The number of aromatic nitrogens is 2. The summed E-state index contributed by atoms with van der Waals surface area (Å²) in [6, 6.07) is 6.62. The Balaban J connectivity index is 1.38. The smallest absolute Gasteiger partial charge is 0.237 e. The Morgan fingerprint density at radius 1 is 1.36 bits per heavy atom. The normalized spacial score (nSPS) is 22.5. The number of nitrogens with zero attached hydrogens (tertiary/aromatic N) is 2. The number of H-pyrrole nitrogens is 1. The first-order valence-electron chi connectivity index (χ1n) is 9.27. The highest BCUT2D eigenvalue weighted by molar-refractivity contribution is 5.82. The van der Waals surface area contributed by atoms with Gasteiger partial charge in [0.25, 0.3) is 0 Å². The first-order valence-corrected chi connectivity index (χ1v) is 9.27. The van der Waals surface area contributed by atoms with E-state index in [1.54, 1.807) is 0 Å². The molecule has 2 aromatic rings. The number of carbonyl (C=O) groups is 1. The van der Waals surface area contributed by atoms with E-state index in [-0.39, 0.29) is 11.9 Å². The van der Waals surface area contributed by atoms with Gasteiger partial charge in [0.1, 0.15) is 5.82 Å². The lowest BCUT2D eigenvalue weighted by atomic mass is 10.1. The molecular weight excluding hydrogens is 316 g/mol. The van der Waals surface area contributed by atoms with Crippen molar-refractivity contribution in [2.24, 2.45) is 0 Å². The van der Waals surface area contributed by atoms with Gasteiger partial charge in [-0.3, -0.25) is 9.69 Å². The molecule has 134 valence electrons. The summed E-state index contributed by atoms with van der Waals surface area (Å²) in [7, 11) is 0. The molecule has 0 unspecified atom stereocenters. The maximum atomic E-state index is 12.7. The van der Waals surface area contributed by atoms with Crippen LogP contribution in [0.25, 0.3) is 11.0 Å². The van der Waals surface area contributed by atoms with Crippen molar-refractivity contribution < 1.29 is 9.53 Å². The van der Waals surface area contributed by atoms with Gasteiger partial charge in [-0.25, -0.2) is 4.98 Å². The second-order valence-corrected chi connectivity index (χ2v) is 7.16. The fraction of sp³-hybridized carbons (Fsp3) is 0.579. The molecule has 2 saturated heterocycles. The van der Waals surface area contributed by atoms with Crippen LogP contribution in [0.5, 0.6) is 0 Å². The van der Waals surface area contributed by atoms with Crippen LogP contribution in [-0.2, 0) is 16.1 Å². The average Bonchev–Trinajstić information content (AvgIpc) is 3.26. The molecule has 2 N–H and O–H groups in total. The first-order chi connectivity index (χ1) is 12.2. The van der Waals surface area contributed by atoms with Crippen molar-refractivity contribution in [2.75, 3.05) is 19.8 Å². The first kappa shape index (κ1) is 16.5. The van der Waals surface area contributed by atoms with E-state index in [0.717, 1.165) is 62.3 Å². The Morgan fingerprint density at radius 3 is 3.04 bits per heavy atom. The van der Waals surface area contributed by atoms with Crippen LogP contribution < -0.4 is 5.32 Å². The number of ether oxygens (including phenoxy) is 1.